The first kappa shape index (κ1) is 14.8. The van der Waals surface area contributed by atoms with Gasteiger partial charge in [0.25, 0.3) is 5.91 Å². The zero-order valence-electron chi connectivity index (χ0n) is 12.6. The molecule has 1 saturated heterocycles. The number of pyridine rings is 1. The monoisotopic (exact) mass is 375 g/mol. The van der Waals surface area contributed by atoms with Gasteiger partial charge in [0.2, 0.25) is 0 Å². The number of hydrogen-bond acceptors (Lipinski definition) is 4. The molecule has 1 amide bonds. The van der Waals surface area contributed by atoms with Crippen LogP contribution in [0, 0.1) is 0 Å². The summed E-state index contributed by atoms with van der Waals surface area (Å²) in [6.07, 6.45) is 5.91. The average Bonchev–Trinajstić information content (AvgIpc) is 3.37. The maximum atomic E-state index is 13.0. The molecule has 1 unspecified atom stereocenters. The maximum absolute atomic E-state index is 13.0. The third kappa shape index (κ3) is 2.79. The smallest absolute Gasteiger partial charge is 0.276 e. The van der Waals surface area contributed by atoms with Crippen molar-refractivity contribution in [1.82, 2.24) is 25.4 Å². The van der Waals surface area contributed by atoms with Crippen LogP contribution in [0.5, 0.6) is 0 Å². The predicted molar refractivity (Wildman–Crippen MR) is 89.1 cm³/mol. The Morgan fingerprint density at radius 1 is 1.39 bits per heavy atom. The summed E-state index contributed by atoms with van der Waals surface area (Å²) >= 11 is 3.57. The molecule has 23 heavy (non-hydrogen) atoms. The maximum Gasteiger partial charge on any atom is 0.276 e. The van der Waals surface area contributed by atoms with E-state index in [1.165, 1.54) is 12.8 Å². The number of rotatable bonds is 3. The van der Waals surface area contributed by atoms with Gasteiger partial charge in [-0.3, -0.25) is 14.9 Å². The fraction of sp³-hybridized carbons (Fsp3) is 0.438. The molecular weight excluding hydrogens is 358 g/mol. The zero-order valence-corrected chi connectivity index (χ0v) is 14.2. The highest BCUT2D eigenvalue weighted by Crippen LogP contribution is 2.43. The van der Waals surface area contributed by atoms with E-state index in [0.29, 0.717) is 18.2 Å². The lowest BCUT2D eigenvalue weighted by Gasteiger charge is -2.36. The van der Waals surface area contributed by atoms with E-state index in [1.54, 1.807) is 6.20 Å². The second-order valence-electron chi connectivity index (χ2n) is 6.08. The minimum atomic E-state index is -0.0321. The lowest BCUT2D eigenvalue weighted by molar-refractivity contribution is 0.0627. The van der Waals surface area contributed by atoms with Gasteiger partial charge in [-0.25, -0.2) is 0 Å². The van der Waals surface area contributed by atoms with Gasteiger partial charge in [-0.2, -0.15) is 5.10 Å². The Labute approximate surface area is 142 Å². The van der Waals surface area contributed by atoms with E-state index in [-0.39, 0.29) is 11.9 Å². The lowest BCUT2D eigenvalue weighted by atomic mass is 10.0. The van der Waals surface area contributed by atoms with Crippen LogP contribution in [0.1, 0.15) is 46.5 Å². The molecule has 2 fully saturated rings. The highest BCUT2D eigenvalue weighted by molar-refractivity contribution is 9.10. The fourth-order valence-electron chi connectivity index (χ4n) is 3.08. The third-order valence-electron chi connectivity index (χ3n) is 4.49. The fourth-order valence-corrected chi connectivity index (χ4v) is 3.75. The first-order valence-corrected chi connectivity index (χ1v) is 8.70. The quantitative estimate of drug-likeness (QED) is 0.862. The molecule has 2 aliphatic rings. The Kier molecular flexibility index (Phi) is 3.90. The number of amides is 1. The Morgan fingerprint density at radius 3 is 3.00 bits per heavy atom. The number of halogens is 1. The number of H-pyrrole nitrogens is 1. The van der Waals surface area contributed by atoms with Gasteiger partial charge in [0, 0.05) is 37.9 Å². The summed E-state index contributed by atoms with van der Waals surface area (Å²) in [5, 5.41) is 10.7. The third-order valence-corrected chi connectivity index (χ3v) is 5.30. The molecule has 1 atom stereocenters. The molecular formula is C16H18BrN5O. The molecule has 0 bridgehead atoms. The SMILES string of the molecule is O=C(c1n[nH]c(C2CC2)c1Br)N1CCNCC1c1cccnc1. The van der Waals surface area contributed by atoms with Gasteiger partial charge in [0.1, 0.15) is 0 Å². The number of carbonyl (C=O) groups excluding carboxylic acids is 1. The summed E-state index contributed by atoms with van der Waals surface area (Å²) in [7, 11) is 0. The molecule has 120 valence electrons. The Balaban J connectivity index is 1.63. The minimum absolute atomic E-state index is 0.0158. The summed E-state index contributed by atoms with van der Waals surface area (Å²) in [4.78, 5) is 19.1. The number of aromatic nitrogens is 3. The average molecular weight is 376 g/mol. The van der Waals surface area contributed by atoms with E-state index in [1.807, 2.05) is 23.2 Å². The lowest BCUT2D eigenvalue weighted by Crippen LogP contribution is -2.48. The molecule has 1 saturated carbocycles. The van der Waals surface area contributed by atoms with Crippen molar-refractivity contribution in [3.8, 4) is 0 Å². The van der Waals surface area contributed by atoms with Gasteiger partial charge in [0.15, 0.2) is 5.69 Å². The number of carbonyl (C=O) groups is 1. The molecule has 2 aromatic heterocycles. The summed E-state index contributed by atoms with van der Waals surface area (Å²) in [6.45, 7) is 2.19. The largest absolute Gasteiger partial charge is 0.328 e. The van der Waals surface area contributed by atoms with E-state index in [4.69, 9.17) is 0 Å². The molecule has 7 heteroatoms. The molecule has 2 aromatic rings. The summed E-state index contributed by atoms with van der Waals surface area (Å²) in [5.74, 6) is 0.492. The van der Waals surface area contributed by atoms with E-state index in [2.05, 4.69) is 36.4 Å². The van der Waals surface area contributed by atoms with Gasteiger partial charge in [-0.05, 0) is 40.4 Å². The molecule has 6 nitrogen and oxygen atoms in total. The molecule has 0 spiro atoms. The number of nitrogens with zero attached hydrogens (tertiary/aromatic N) is 3. The van der Waals surface area contributed by atoms with Crippen molar-refractivity contribution in [2.45, 2.75) is 24.8 Å². The van der Waals surface area contributed by atoms with Crippen LogP contribution in [0.3, 0.4) is 0 Å². The second-order valence-corrected chi connectivity index (χ2v) is 6.87. The van der Waals surface area contributed by atoms with Crippen molar-refractivity contribution in [3.63, 3.8) is 0 Å². The van der Waals surface area contributed by atoms with Gasteiger partial charge < -0.3 is 10.2 Å². The highest BCUT2D eigenvalue weighted by Gasteiger charge is 2.34. The number of piperazine rings is 1. The second kappa shape index (κ2) is 6.05. The van der Waals surface area contributed by atoms with E-state index >= 15 is 0 Å². The molecule has 0 radical (unpaired) electrons. The van der Waals surface area contributed by atoms with Crippen LogP contribution in [-0.2, 0) is 0 Å². The number of nitrogens with one attached hydrogen (secondary N) is 2. The standard InChI is InChI=1S/C16H18BrN5O/c17-13-14(10-3-4-10)20-21-15(13)16(23)22-7-6-19-9-12(22)11-2-1-5-18-8-11/h1-2,5,8,10,12,19H,3-4,6-7,9H2,(H,20,21). The minimum Gasteiger partial charge on any atom is -0.328 e. The van der Waals surface area contributed by atoms with Crippen LogP contribution in [-0.4, -0.2) is 45.6 Å². The van der Waals surface area contributed by atoms with E-state index in [9.17, 15) is 4.79 Å². The summed E-state index contributed by atoms with van der Waals surface area (Å²) in [5.41, 5.74) is 2.59. The van der Waals surface area contributed by atoms with Crippen molar-refractivity contribution >= 4 is 21.8 Å². The van der Waals surface area contributed by atoms with Crippen LogP contribution in [0.15, 0.2) is 29.0 Å². The first-order chi connectivity index (χ1) is 11.3. The zero-order chi connectivity index (χ0) is 15.8. The van der Waals surface area contributed by atoms with Crippen LogP contribution < -0.4 is 5.32 Å². The van der Waals surface area contributed by atoms with Crippen LogP contribution in [0.2, 0.25) is 0 Å². The summed E-state index contributed by atoms with van der Waals surface area (Å²) in [6, 6.07) is 3.90. The topological polar surface area (TPSA) is 73.9 Å². The van der Waals surface area contributed by atoms with Crippen molar-refractivity contribution < 1.29 is 4.79 Å². The van der Waals surface area contributed by atoms with Crippen LogP contribution >= 0.6 is 15.9 Å². The number of hydrogen-bond donors (Lipinski definition) is 2. The van der Waals surface area contributed by atoms with Gasteiger partial charge in [0.05, 0.1) is 16.2 Å². The van der Waals surface area contributed by atoms with Crippen molar-refractivity contribution in [2.24, 2.45) is 0 Å². The Hall–Kier alpha value is -1.73. The van der Waals surface area contributed by atoms with Crippen LogP contribution in [0.4, 0.5) is 0 Å². The summed E-state index contributed by atoms with van der Waals surface area (Å²) < 4.78 is 0.827. The van der Waals surface area contributed by atoms with Crippen molar-refractivity contribution in [1.29, 1.82) is 0 Å². The molecule has 3 heterocycles. The van der Waals surface area contributed by atoms with Crippen molar-refractivity contribution in [2.75, 3.05) is 19.6 Å². The molecule has 0 aromatic carbocycles. The van der Waals surface area contributed by atoms with E-state index < -0.39 is 0 Å². The molecule has 2 N–H and O–H groups in total. The Morgan fingerprint density at radius 2 is 2.26 bits per heavy atom. The van der Waals surface area contributed by atoms with Crippen molar-refractivity contribution in [3.05, 3.63) is 46.0 Å². The Bertz CT molecular complexity index is 713. The predicted octanol–water partition coefficient (Wildman–Crippen LogP) is 2.23. The molecule has 4 rings (SSSR count). The first-order valence-electron chi connectivity index (χ1n) is 7.91. The normalized spacial score (nSPS) is 21.4. The van der Waals surface area contributed by atoms with Gasteiger partial charge >= 0.3 is 0 Å². The number of aromatic amines is 1. The van der Waals surface area contributed by atoms with Gasteiger partial charge in [-0.15, -0.1) is 0 Å². The highest BCUT2D eigenvalue weighted by atomic mass is 79.9. The molecule has 1 aliphatic heterocycles. The van der Waals surface area contributed by atoms with Crippen LogP contribution in [0.25, 0.3) is 0 Å². The van der Waals surface area contributed by atoms with Gasteiger partial charge in [-0.1, -0.05) is 6.07 Å². The molecule has 1 aliphatic carbocycles. The van der Waals surface area contributed by atoms with E-state index in [0.717, 1.165) is 28.8 Å².